The number of fused-ring (bicyclic) bond motifs is 2. The predicted octanol–water partition coefficient (Wildman–Crippen LogP) is 0.0446. The largest absolute Gasteiger partial charge is 0.612 e. The molecule has 0 heterocycles. The number of hydrogen-bond donors (Lipinski definition) is 2. The van der Waals surface area contributed by atoms with Crippen molar-refractivity contribution in [2.45, 2.75) is 0 Å². The van der Waals surface area contributed by atoms with Crippen molar-refractivity contribution in [1.82, 2.24) is 0 Å². The monoisotopic (exact) mass is 241 g/mol. The molecule has 5 nitrogen and oxygen atoms in total. The Kier molecular flexibility index (Phi) is 1.98. The fourth-order valence-corrected chi connectivity index (χ4v) is 2.34. The third kappa shape index (κ3) is 1.18. The van der Waals surface area contributed by atoms with E-state index in [2.05, 4.69) is 0 Å². The first kappa shape index (κ1) is 10.5. The number of rotatable bonds is 0. The SMILES string of the molecule is Nc1cccc2c1=C1C(=CC=CC1=[N+]([O-])[O-])C=2O. The van der Waals surface area contributed by atoms with Gasteiger partial charge in [-0.1, -0.05) is 24.3 Å². The standard InChI is InChI=1S/C13H9N2O3/c14-9-5-1-3-7-11(9)12-8(13(7)16)4-2-6-10(12)15(17)18/h1-6H,14H2,(H-,16,17,18)/q-1. The molecule has 0 saturated carbocycles. The van der Waals surface area contributed by atoms with Crippen molar-refractivity contribution in [3.63, 3.8) is 0 Å². The Morgan fingerprint density at radius 2 is 2.00 bits per heavy atom. The first-order chi connectivity index (χ1) is 8.61. The number of benzene rings is 1. The number of aliphatic hydroxyl groups excluding tert-OH is 1. The van der Waals surface area contributed by atoms with Gasteiger partial charge >= 0.3 is 0 Å². The Bertz CT molecular complexity index is 766. The van der Waals surface area contributed by atoms with Gasteiger partial charge in [0.2, 0.25) is 5.71 Å². The highest BCUT2D eigenvalue weighted by atomic mass is 16.8. The molecule has 0 atom stereocenters. The molecule has 0 amide bonds. The van der Waals surface area contributed by atoms with Gasteiger partial charge in [-0.2, -0.15) is 4.90 Å². The van der Waals surface area contributed by atoms with Crippen molar-refractivity contribution in [3.05, 3.63) is 62.9 Å². The number of nitrogen functional groups attached to an aromatic ring is 1. The average Bonchev–Trinajstić information content (AvgIpc) is 2.65. The van der Waals surface area contributed by atoms with Crippen LogP contribution in [0.3, 0.4) is 0 Å². The summed E-state index contributed by atoms with van der Waals surface area (Å²) in [6, 6.07) is 5.07. The normalized spacial score (nSPS) is 16.4. The zero-order valence-electron chi connectivity index (χ0n) is 9.25. The lowest BCUT2D eigenvalue weighted by Crippen LogP contribution is -2.29. The zero-order valence-corrected chi connectivity index (χ0v) is 9.25. The smallest absolute Gasteiger partial charge is 0.231 e. The molecule has 0 aromatic heterocycles. The van der Waals surface area contributed by atoms with Crippen LogP contribution in [0, 0.1) is 10.4 Å². The van der Waals surface area contributed by atoms with Crippen molar-refractivity contribution >= 4 is 22.7 Å². The minimum Gasteiger partial charge on any atom is -0.612 e. The molecule has 0 saturated heterocycles. The summed E-state index contributed by atoms with van der Waals surface area (Å²) < 4.78 is 0. The number of anilines is 1. The van der Waals surface area contributed by atoms with Crippen LogP contribution < -0.4 is 16.2 Å². The van der Waals surface area contributed by atoms with E-state index in [0.717, 1.165) is 0 Å². The molecular weight excluding hydrogens is 232 g/mol. The van der Waals surface area contributed by atoms with E-state index in [1.54, 1.807) is 30.4 Å². The summed E-state index contributed by atoms with van der Waals surface area (Å²) in [5, 5.41) is 33.3. The number of nitrogens with two attached hydrogens (primary N) is 1. The van der Waals surface area contributed by atoms with E-state index in [4.69, 9.17) is 5.73 Å². The van der Waals surface area contributed by atoms with Crippen molar-refractivity contribution < 1.29 is 10.0 Å². The van der Waals surface area contributed by atoms with E-state index in [0.29, 0.717) is 27.3 Å². The molecule has 0 unspecified atom stereocenters. The average molecular weight is 241 g/mol. The highest BCUT2D eigenvalue weighted by Crippen LogP contribution is 2.26. The Hall–Kier alpha value is -2.69. The van der Waals surface area contributed by atoms with Gasteiger partial charge in [-0.3, -0.25) is 0 Å². The van der Waals surface area contributed by atoms with Gasteiger partial charge in [0.15, 0.2) is 0 Å². The van der Waals surface area contributed by atoms with E-state index >= 15 is 0 Å². The lowest BCUT2D eigenvalue weighted by Gasteiger charge is -2.13. The first-order valence-electron chi connectivity index (χ1n) is 5.34. The molecule has 3 rings (SSSR count). The van der Waals surface area contributed by atoms with Gasteiger partial charge in [0, 0.05) is 27.8 Å². The summed E-state index contributed by atoms with van der Waals surface area (Å²) in [7, 11) is 0. The van der Waals surface area contributed by atoms with Crippen LogP contribution in [0.25, 0.3) is 11.3 Å². The molecule has 0 aliphatic heterocycles. The molecule has 0 spiro atoms. The number of aliphatic hydroxyl groups is 1. The summed E-state index contributed by atoms with van der Waals surface area (Å²) in [5.74, 6) is 0.0380. The molecular formula is C13H9N2O3-. The zero-order chi connectivity index (χ0) is 12.9. The Labute approximate surface area is 102 Å². The highest BCUT2D eigenvalue weighted by molar-refractivity contribution is 6.31. The van der Waals surface area contributed by atoms with Gasteiger partial charge < -0.3 is 21.3 Å². The maximum absolute atomic E-state index is 11.1. The summed E-state index contributed by atoms with van der Waals surface area (Å²) in [4.78, 5) is -0.465. The van der Waals surface area contributed by atoms with Crippen LogP contribution in [0.5, 0.6) is 0 Å². The second-order valence-corrected chi connectivity index (χ2v) is 4.08. The van der Waals surface area contributed by atoms with Gasteiger partial charge in [-0.15, -0.1) is 0 Å². The van der Waals surface area contributed by atoms with E-state index in [9.17, 15) is 15.5 Å². The van der Waals surface area contributed by atoms with Crippen LogP contribution >= 0.6 is 0 Å². The third-order valence-corrected chi connectivity index (χ3v) is 3.10. The molecule has 1 aromatic rings. The van der Waals surface area contributed by atoms with Gasteiger partial charge in [-0.05, 0) is 6.07 Å². The fraction of sp³-hybridized carbons (Fsp3) is 0. The lowest BCUT2D eigenvalue weighted by molar-refractivity contribution is -0.376. The molecule has 0 radical (unpaired) electrons. The van der Waals surface area contributed by atoms with Crippen LogP contribution in [-0.2, 0) is 0 Å². The quantitative estimate of drug-likeness (QED) is 0.381. The molecule has 2 aliphatic rings. The maximum atomic E-state index is 11.1. The number of allylic oxidation sites excluding steroid dienone is 3. The Morgan fingerprint density at radius 3 is 2.72 bits per heavy atom. The highest BCUT2D eigenvalue weighted by Gasteiger charge is 2.28. The summed E-state index contributed by atoms with van der Waals surface area (Å²) in [6.07, 6.45) is 4.61. The van der Waals surface area contributed by atoms with E-state index in [1.807, 2.05) is 0 Å². The summed E-state index contributed by atoms with van der Waals surface area (Å²) >= 11 is 0. The van der Waals surface area contributed by atoms with Gasteiger partial charge in [0.25, 0.3) is 0 Å². The van der Waals surface area contributed by atoms with Crippen molar-refractivity contribution in [2.24, 2.45) is 0 Å². The molecule has 3 N–H and O–H groups in total. The maximum Gasteiger partial charge on any atom is 0.231 e. The molecule has 1 aromatic carbocycles. The minimum atomic E-state index is -0.465. The van der Waals surface area contributed by atoms with Crippen LogP contribution in [0.4, 0.5) is 5.69 Å². The minimum absolute atomic E-state index is 0.0380. The molecule has 0 fully saturated rings. The third-order valence-electron chi connectivity index (χ3n) is 3.10. The topological polar surface area (TPSA) is 95.4 Å². The molecule has 0 bridgehead atoms. The van der Waals surface area contributed by atoms with Crippen molar-refractivity contribution in [1.29, 1.82) is 0 Å². The number of hydrogen-bond acceptors (Lipinski definition) is 4. The van der Waals surface area contributed by atoms with Gasteiger partial charge in [-0.25, -0.2) is 0 Å². The van der Waals surface area contributed by atoms with E-state index < -0.39 is 4.90 Å². The van der Waals surface area contributed by atoms with Crippen LogP contribution in [0.2, 0.25) is 0 Å². The van der Waals surface area contributed by atoms with Crippen LogP contribution in [-0.4, -0.2) is 15.7 Å². The fourth-order valence-electron chi connectivity index (χ4n) is 2.34. The van der Waals surface area contributed by atoms with E-state index in [1.165, 1.54) is 6.08 Å². The Balaban J connectivity index is 2.57. The van der Waals surface area contributed by atoms with Gasteiger partial charge in [0.1, 0.15) is 5.76 Å². The second kappa shape index (κ2) is 3.40. The van der Waals surface area contributed by atoms with E-state index in [-0.39, 0.29) is 11.5 Å². The van der Waals surface area contributed by atoms with Crippen LogP contribution in [0.15, 0.2) is 42.0 Å². The predicted molar refractivity (Wildman–Crippen MR) is 68.8 cm³/mol. The number of nitrogens with zero attached hydrogens (tertiary/aromatic N) is 1. The molecule has 18 heavy (non-hydrogen) atoms. The molecule has 90 valence electrons. The lowest BCUT2D eigenvalue weighted by atomic mass is 9.97. The Morgan fingerprint density at radius 1 is 1.22 bits per heavy atom. The van der Waals surface area contributed by atoms with Gasteiger partial charge in [0.05, 0.1) is 5.57 Å². The van der Waals surface area contributed by atoms with Crippen molar-refractivity contribution in [3.8, 4) is 0 Å². The molecule has 5 heteroatoms. The van der Waals surface area contributed by atoms with Crippen molar-refractivity contribution in [2.75, 3.05) is 5.73 Å². The summed E-state index contributed by atoms with van der Waals surface area (Å²) in [5.41, 5.74) is 7.10. The second-order valence-electron chi connectivity index (χ2n) is 4.08. The molecule has 2 aliphatic carbocycles. The van der Waals surface area contributed by atoms with Crippen LogP contribution in [0.1, 0.15) is 0 Å². The summed E-state index contributed by atoms with van der Waals surface area (Å²) in [6.45, 7) is 0. The first-order valence-corrected chi connectivity index (χ1v) is 5.34.